The number of nitrogens with two attached hydrogens (primary N) is 1. The largest absolute Gasteiger partial charge is 0.392 e. The maximum absolute atomic E-state index is 8.86. The molecule has 1 aromatic carbocycles. The van der Waals surface area contributed by atoms with E-state index in [2.05, 4.69) is 0 Å². The van der Waals surface area contributed by atoms with E-state index in [1.165, 1.54) is 5.56 Å². The quantitative estimate of drug-likeness (QED) is 0.775. The van der Waals surface area contributed by atoms with Crippen molar-refractivity contribution >= 4 is 0 Å². The molecule has 1 aromatic rings. The van der Waals surface area contributed by atoms with E-state index in [0.717, 1.165) is 12.0 Å². The van der Waals surface area contributed by atoms with E-state index in [-0.39, 0.29) is 12.6 Å². The van der Waals surface area contributed by atoms with Crippen molar-refractivity contribution in [2.24, 2.45) is 5.73 Å². The van der Waals surface area contributed by atoms with Crippen LogP contribution in [-0.4, -0.2) is 11.1 Å². The fraction of sp³-hybridized carbons (Fsp3) is 0.500. The number of benzene rings is 1. The maximum Gasteiger partial charge on any atom is 0.0681 e. The van der Waals surface area contributed by atoms with Crippen LogP contribution in [-0.2, 0) is 13.0 Å². The second kappa shape index (κ2) is 7.54. The highest BCUT2D eigenvalue weighted by atomic mass is 16.3. The van der Waals surface area contributed by atoms with Crippen LogP contribution in [0.25, 0.3) is 0 Å². The molecule has 80 valence electrons. The molecule has 2 nitrogen and oxygen atoms in total. The molecule has 0 amide bonds. The van der Waals surface area contributed by atoms with E-state index < -0.39 is 0 Å². The molecular formula is C12H21NO. The van der Waals surface area contributed by atoms with Crippen molar-refractivity contribution in [1.29, 1.82) is 0 Å². The molecule has 2 heteroatoms. The predicted octanol–water partition coefficient (Wildman–Crippen LogP) is 2.09. The van der Waals surface area contributed by atoms with Gasteiger partial charge in [-0.2, -0.15) is 0 Å². The van der Waals surface area contributed by atoms with Crippen molar-refractivity contribution in [1.82, 2.24) is 0 Å². The van der Waals surface area contributed by atoms with Gasteiger partial charge in [-0.1, -0.05) is 38.1 Å². The third-order valence-electron chi connectivity index (χ3n) is 1.73. The Bertz CT molecular complexity index is 246. The Balaban J connectivity index is 0.000000791. The molecule has 3 N–H and O–H groups in total. The standard InChI is InChI=1S/C10H15NO.C2H6/c1-8(11)5-9-3-2-4-10(6-9)7-12;1-2/h2-4,6,8,12H,5,7,11H2,1H3;1-2H3. The Labute approximate surface area is 86.8 Å². The molecule has 14 heavy (non-hydrogen) atoms. The molecule has 1 atom stereocenters. The van der Waals surface area contributed by atoms with E-state index in [4.69, 9.17) is 10.8 Å². The summed E-state index contributed by atoms with van der Waals surface area (Å²) < 4.78 is 0. The van der Waals surface area contributed by atoms with Crippen molar-refractivity contribution in [3.05, 3.63) is 35.4 Å². The SMILES string of the molecule is CC.CC(N)Cc1cccc(CO)c1. The number of aliphatic hydroxyl groups is 1. The van der Waals surface area contributed by atoms with Gasteiger partial charge < -0.3 is 10.8 Å². The molecular weight excluding hydrogens is 174 g/mol. The third-order valence-corrected chi connectivity index (χ3v) is 1.73. The molecule has 0 aliphatic rings. The van der Waals surface area contributed by atoms with Gasteiger partial charge in [-0.15, -0.1) is 0 Å². The lowest BCUT2D eigenvalue weighted by Crippen LogP contribution is -2.17. The Morgan fingerprint density at radius 3 is 2.36 bits per heavy atom. The van der Waals surface area contributed by atoms with E-state index in [1.54, 1.807) is 0 Å². The van der Waals surface area contributed by atoms with Crippen molar-refractivity contribution < 1.29 is 5.11 Å². The zero-order valence-corrected chi connectivity index (χ0v) is 9.33. The van der Waals surface area contributed by atoms with Gasteiger partial charge in [0.15, 0.2) is 0 Å². The van der Waals surface area contributed by atoms with E-state index in [1.807, 2.05) is 45.0 Å². The molecule has 0 saturated carbocycles. The lowest BCUT2D eigenvalue weighted by molar-refractivity contribution is 0.281. The molecule has 0 bridgehead atoms. The van der Waals surface area contributed by atoms with Gasteiger partial charge in [0.05, 0.1) is 6.61 Å². The minimum absolute atomic E-state index is 0.104. The van der Waals surface area contributed by atoms with Gasteiger partial charge in [-0.25, -0.2) is 0 Å². The summed E-state index contributed by atoms with van der Waals surface area (Å²) in [6.45, 7) is 6.08. The number of rotatable bonds is 3. The minimum Gasteiger partial charge on any atom is -0.392 e. The van der Waals surface area contributed by atoms with Crippen LogP contribution >= 0.6 is 0 Å². The highest BCUT2D eigenvalue weighted by Gasteiger charge is 1.98. The van der Waals surface area contributed by atoms with E-state index in [0.29, 0.717) is 0 Å². The summed E-state index contributed by atoms with van der Waals surface area (Å²) in [6, 6.07) is 8.05. The highest BCUT2D eigenvalue weighted by molar-refractivity contribution is 5.23. The molecule has 0 saturated heterocycles. The van der Waals surface area contributed by atoms with Crippen LogP contribution in [0, 0.1) is 0 Å². The van der Waals surface area contributed by atoms with Crippen molar-refractivity contribution in [2.75, 3.05) is 0 Å². The average Bonchev–Trinajstić information content (AvgIpc) is 2.20. The smallest absolute Gasteiger partial charge is 0.0681 e. The van der Waals surface area contributed by atoms with E-state index >= 15 is 0 Å². The summed E-state index contributed by atoms with van der Waals surface area (Å²) >= 11 is 0. The Hall–Kier alpha value is -0.860. The topological polar surface area (TPSA) is 46.2 Å². The molecule has 1 unspecified atom stereocenters. The van der Waals surface area contributed by atoms with Gasteiger partial charge >= 0.3 is 0 Å². The van der Waals surface area contributed by atoms with Crippen molar-refractivity contribution in [3.63, 3.8) is 0 Å². The lowest BCUT2D eigenvalue weighted by atomic mass is 10.1. The fourth-order valence-corrected chi connectivity index (χ4v) is 1.23. The Morgan fingerprint density at radius 2 is 1.86 bits per heavy atom. The first-order valence-electron chi connectivity index (χ1n) is 5.16. The zero-order valence-electron chi connectivity index (χ0n) is 9.33. The normalized spacial score (nSPS) is 11.5. The molecule has 0 spiro atoms. The summed E-state index contributed by atoms with van der Waals surface area (Å²) in [5.41, 5.74) is 7.80. The highest BCUT2D eigenvalue weighted by Crippen LogP contribution is 2.06. The summed E-state index contributed by atoms with van der Waals surface area (Å²) in [5.74, 6) is 0. The van der Waals surface area contributed by atoms with Crippen LogP contribution < -0.4 is 5.73 Å². The minimum atomic E-state index is 0.104. The molecule has 0 radical (unpaired) electrons. The summed E-state index contributed by atoms with van der Waals surface area (Å²) in [5, 5.41) is 8.86. The number of aliphatic hydroxyl groups excluding tert-OH is 1. The molecule has 0 aromatic heterocycles. The van der Waals surface area contributed by atoms with Crippen LogP contribution in [0.3, 0.4) is 0 Å². The third kappa shape index (κ3) is 5.00. The summed E-state index contributed by atoms with van der Waals surface area (Å²) in [4.78, 5) is 0. The second-order valence-corrected chi connectivity index (χ2v) is 3.16. The van der Waals surface area contributed by atoms with Gasteiger partial charge in [0, 0.05) is 6.04 Å². The van der Waals surface area contributed by atoms with Crippen molar-refractivity contribution in [3.8, 4) is 0 Å². The van der Waals surface area contributed by atoms with Crippen LogP contribution in [0.1, 0.15) is 31.9 Å². The van der Waals surface area contributed by atoms with Gasteiger partial charge in [0.25, 0.3) is 0 Å². The summed E-state index contributed by atoms with van der Waals surface area (Å²) in [6.07, 6.45) is 0.869. The average molecular weight is 195 g/mol. The van der Waals surface area contributed by atoms with Gasteiger partial charge in [0.2, 0.25) is 0 Å². The molecule has 0 aliphatic heterocycles. The van der Waals surface area contributed by atoms with Crippen molar-refractivity contribution in [2.45, 2.75) is 39.8 Å². The first-order valence-corrected chi connectivity index (χ1v) is 5.16. The lowest BCUT2D eigenvalue weighted by Gasteiger charge is -2.05. The molecule has 0 heterocycles. The first-order chi connectivity index (χ1) is 6.72. The summed E-state index contributed by atoms with van der Waals surface area (Å²) in [7, 11) is 0. The molecule has 1 rings (SSSR count). The van der Waals surface area contributed by atoms with Crippen LogP contribution in [0.5, 0.6) is 0 Å². The van der Waals surface area contributed by atoms with Crippen LogP contribution in [0.4, 0.5) is 0 Å². The molecule has 0 aliphatic carbocycles. The Morgan fingerprint density at radius 1 is 1.29 bits per heavy atom. The maximum atomic E-state index is 8.86. The monoisotopic (exact) mass is 195 g/mol. The Kier molecular flexibility index (Phi) is 7.07. The molecule has 0 fully saturated rings. The number of hydrogen-bond acceptors (Lipinski definition) is 2. The van der Waals surface area contributed by atoms with Crippen LogP contribution in [0.2, 0.25) is 0 Å². The second-order valence-electron chi connectivity index (χ2n) is 3.16. The zero-order chi connectivity index (χ0) is 11.0. The van der Waals surface area contributed by atoms with Crippen LogP contribution in [0.15, 0.2) is 24.3 Å². The van der Waals surface area contributed by atoms with E-state index in [9.17, 15) is 0 Å². The van der Waals surface area contributed by atoms with Gasteiger partial charge in [0.1, 0.15) is 0 Å². The van der Waals surface area contributed by atoms with Gasteiger partial charge in [-0.05, 0) is 24.5 Å². The fourth-order valence-electron chi connectivity index (χ4n) is 1.23. The number of hydrogen-bond donors (Lipinski definition) is 2. The van der Waals surface area contributed by atoms with Gasteiger partial charge in [-0.3, -0.25) is 0 Å². The first kappa shape index (κ1) is 13.1. The predicted molar refractivity (Wildman–Crippen MR) is 61.1 cm³/mol.